The Morgan fingerprint density at radius 2 is 2.05 bits per heavy atom. The Morgan fingerprint density at radius 1 is 1.14 bits per heavy atom. The topological polar surface area (TPSA) is 41.1 Å². The molecule has 21 heavy (non-hydrogen) atoms. The van der Waals surface area contributed by atoms with Crippen LogP contribution in [-0.4, -0.2) is 36.1 Å². The normalized spacial score (nSPS) is 15.8. The van der Waals surface area contributed by atoms with Gasteiger partial charge in [0.05, 0.1) is 5.69 Å². The van der Waals surface area contributed by atoms with E-state index >= 15 is 0 Å². The zero-order chi connectivity index (χ0) is 14.5. The highest BCUT2D eigenvalue weighted by Crippen LogP contribution is 2.14. The molecule has 0 aliphatic carbocycles. The number of hydrogen-bond acceptors (Lipinski definition) is 4. The van der Waals surface area contributed by atoms with E-state index < -0.39 is 0 Å². The van der Waals surface area contributed by atoms with E-state index in [9.17, 15) is 4.39 Å². The molecule has 110 valence electrons. The summed E-state index contributed by atoms with van der Waals surface area (Å²) in [5, 5.41) is 3.36. The number of rotatable bonds is 3. The van der Waals surface area contributed by atoms with Gasteiger partial charge in [0.2, 0.25) is 5.95 Å². The van der Waals surface area contributed by atoms with E-state index in [1.54, 1.807) is 18.3 Å². The fraction of sp³-hybridized carbons (Fsp3) is 0.375. The quantitative estimate of drug-likeness (QED) is 0.937. The second-order valence-corrected chi connectivity index (χ2v) is 5.21. The van der Waals surface area contributed by atoms with Crippen LogP contribution in [0.3, 0.4) is 0 Å². The first kappa shape index (κ1) is 13.9. The van der Waals surface area contributed by atoms with Crippen molar-refractivity contribution < 1.29 is 4.39 Å². The fourth-order valence-electron chi connectivity index (χ4n) is 2.52. The maximum Gasteiger partial charge on any atom is 0.225 e. The second kappa shape index (κ2) is 6.63. The van der Waals surface area contributed by atoms with Gasteiger partial charge >= 0.3 is 0 Å². The van der Waals surface area contributed by atoms with E-state index in [1.165, 1.54) is 6.07 Å². The highest BCUT2D eigenvalue weighted by molar-refractivity contribution is 5.32. The Bertz CT molecular complexity index is 594. The predicted octanol–water partition coefficient (Wildman–Crippen LogP) is 2.01. The number of nitrogens with one attached hydrogen (secondary N) is 1. The van der Waals surface area contributed by atoms with E-state index in [4.69, 9.17) is 0 Å². The molecule has 4 nitrogen and oxygen atoms in total. The monoisotopic (exact) mass is 286 g/mol. The molecule has 1 aromatic carbocycles. The summed E-state index contributed by atoms with van der Waals surface area (Å²) in [6.45, 7) is 3.84. The van der Waals surface area contributed by atoms with E-state index in [0.717, 1.165) is 44.2 Å². The van der Waals surface area contributed by atoms with E-state index in [1.807, 2.05) is 12.1 Å². The van der Waals surface area contributed by atoms with Gasteiger partial charge < -0.3 is 10.2 Å². The minimum atomic E-state index is -0.184. The first-order chi connectivity index (χ1) is 10.3. The van der Waals surface area contributed by atoms with Gasteiger partial charge in [-0.2, -0.15) is 0 Å². The Balaban J connectivity index is 1.78. The molecule has 1 N–H and O–H groups in total. The van der Waals surface area contributed by atoms with E-state index in [0.29, 0.717) is 12.0 Å². The van der Waals surface area contributed by atoms with E-state index in [2.05, 4.69) is 20.2 Å². The van der Waals surface area contributed by atoms with E-state index in [-0.39, 0.29) is 5.82 Å². The summed E-state index contributed by atoms with van der Waals surface area (Å²) in [5.41, 5.74) is 1.52. The minimum absolute atomic E-state index is 0.184. The number of aromatic nitrogens is 2. The highest BCUT2D eigenvalue weighted by Gasteiger charge is 2.13. The SMILES string of the molecule is Fc1ccccc1Cc1ccnc(N2CCCNCC2)n1. The molecule has 0 spiro atoms. The van der Waals surface area contributed by atoms with Gasteiger partial charge in [0.1, 0.15) is 5.82 Å². The molecule has 1 aromatic heterocycles. The van der Waals surface area contributed by atoms with Crippen LogP contribution in [-0.2, 0) is 6.42 Å². The summed E-state index contributed by atoms with van der Waals surface area (Å²) in [7, 11) is 0. The summed E-state index contributed by atoms with van der Waals surface area (Å²) in [4.78, 5) is 11.1. The third kappa shape index (κ3) is 3.55. The predicted molar refractivity (Wildman–Crippen MR) is 80.9 cm³/mol. The molecule has 0 radical (unpaired) electrons. The van der Waals surface area contributed by atoms with Crippen LogP contribution in [0.5, 0.6) is 0 Å². The van der Waals surface area contributed by atoms with Crippen LogP contribution in [0.4, 0.5) is 10.3 Å². The van der Waals surface area contributed by atoms with Crippen LogP contribution in [0.2, 0.25) is 0 Å². The molecule has 3 rings (SSSR count). The average Bonchev–Trinajstić information content (AvgIpc) is 2.79. The molecule has 0 bridgehead atoms. The van der Waals surface area contributed by atoms with Gasteiger partial charge in [-0.15, -0.1) is 0 Å². The van der Waals surface area contributed by atoms with Gasteiger partial charge in [0, 0.05) is 32.3 Å². The average molecular weight is 286 g/mol. The molecule has 1 saturated heterocycles. The molecule has 0 amide bonds. The maximum atomic E-state index is 13.7. The molecule has 2 aromatic rings. The molecule has 0 unspecified atom stereocenters. The molecule has 1 aliphatic rings. The lowest BCUT2D eigenvalue weighted by Gasteiger charge is -2.20. The third-order valence-corrected chi connectivity index (χ3v) is 3.65. The van der Waals surface area contributed by atoms with Crippen LogP contribution in [0, 0.1) is 5.82 Å². The number of nitrogens with zero attached hydrogens (tertiary/aromatic N) is 3. The Hall–Kier alpha value is -2.01. The Labute approximate surface area is 124 Å². The minimum Gasteiger partial charge on any atom is -0.339 e. The van der Waals surface area contributed by atoms with Crippen molar-refractivity contribution in [3.63, 3.8) is 0 Å². The lowest BCUT2D eigenvalue weighted by atomic mass is 10.1. The van der Waals surface area contributed by atoms with Crippen molar-refractivity contribution in [1.82, 2.24) is 15.3 Å². The fourth-order valence-corrected chi connectivity index (χ4v) is 2.52. The molecular weight excluding hydrogens is 267 g/mol. The van der Waals surface area contributed by atoms with Crippen molar-refractivity contribution in [2.45, 2.75) is 12.8 Å². The van der Waals surface area contributed by atoms with Crippen molar-refractivity contribution >= 4 is 5.95 Å². The first-order valence-corrected chi connectivity index (χ1v) is 7.34. The standard InChI is InChI=1S/C16H19FN4/c17-15-5-2-1-4-13(15)12-14-6-8-19-16(20-14)21-10-3-7-18-9-11-21/h1-2,4-6,8,18H,3,7,9-12H2. The van der Waals surface area contributed by atoms with Crippen LogP contribution < -0.4 is 10.2 Å². The lowest BCUT2D eigenvalue weighted by Crippen LogP contribution is -2.29. The Morgan fingerprint density at radius 3 is 2.95 bits per heavy atom. The lowest BCUT2D eigenvalue weighted by molar-refractivity contribution is 0.613. The van der Waals surface area contributed by atoms with Crippen LogP contribution in [0.1, 0.15) is 17.7 Å². The second-order valence-electron chi connectivity index (χ2n) is 5.21. The van der Waals surface area contributed by atoms with Crippen LogP contribution in [0.15, 0.2) is 36.5 Å². The van der Waals surface area contributed by atoms with Crippen molar-refractivity contribution in [3.05, 3.63) is 53.6 Å². The summed E-state index contributed by atoms with van der Waals surface area (Å²) in [6.07, 6.45) is 3.34. The number of benzene rings is 1. The molecular formula is C16H19FN4. The molecule has 0 atom stereocenters. The van der Waals surface area contributed by atoms with Gasteiger partial charge in [-0.3, -0.25) is 0 Å². The van der Waals surface area contributed by atoms with Crippen molar-refractivity contribution in [2.75, 3.05) is 31.1 Å². The summed E-state index contributed by atoms with van der Waals surface area (Å²) < 4.78 is 13.7. The molecule has 1 aliphatic heterocycles. The van der Waals surface area contributed by atoms with Gasteiger partial charge in [-0.1, -0.05) is 18.2 Å². The zero-order valence-electron chi connectivity index (χ0n) is 11.9. The largest absolute Gasteiger partial charge is 0.339 e. The van der Waals surface area contributed by atoms with Gasteiger partial charge in [0.25, 0.3) is 0 Å². The number of halogens is 1. The summed E-state index contributed by atoms with van der Waals surface area (Å²) in [6, 6.07) is 8.69. The molecule has 1 fully saturated rings. The maximum absolute atomic E-state index is 13.7. The van der Waals surface area contributed by atoms with Crippen LogP contribution >= 0.6 is 0 Å². The molecule has 0 saturated carbocycles. The third-order valence-electron chi connectivity index (χ3n) is 3.65. The first-order valence-electron chi connectivity index (χ1n) is 7.34. The molecule has 2 heterocycles. The van der Waals surface area contributed by atoms with Gasteiger partial charge in [0.15, 0.2) is 0 Å². The highest BCUT2D eigenvalue weighted by atomic mass is 19.1. The van der Waals surface area contributed by atoms with Crippen molar-refractivity contribution in [3.8, 4) is 0 Å². The summed E-state index contributed by atoms with van der Waals surface area (Å²) in [5.74, 6) is 0.559. The Kier molecular flexibility index (Phi) is 4.40. The van der Waals surface area contributed by atoms with Crippen molar-refractivity contribution in [1.29, 1.82) is 0 Å². The number of anilines is 1. The molecule has 5 heteroatoms. The van der Waals surface area contributed by atoms with Crippen molar-refractivity contribution in [2.24, 2.45) is 0 Å². The summed E-state index contributed by atoms with van der Waals surface area (Å²) >= 11 is 0. The zero-order valence-corrected chi connectivity index (χ0v) is 11.9. The van der Waals surface area contributed by atoms with Gasteiger partial charge in [-0.05, 0) is 30.7 Å². The van der Waals surface area contributed by atoms with Gasteiger partial charge in [-0.25, -0.2) is 14.4 Å². The van der Waals surface area contributed by atoms with Crippen LogP contribution in [0.25, 0.3) is 0 Å². The smallest absolute Gasteiger partial charge is 0.225 e. The number of hydrogen-bond donors (Lipinski definition) is 1.